The summed E-state index contributed by atoms with van der Waals surface area (Å²) < 4.78 is 0. The summed E-state index contributed by atoms with van der Waals surface area (Å²) in [5.74, 6) is 0.858. The average molecular weight is 138 g/mol. The van der Waals surface area contributed by atoms with Gasteiger partial charge < -0.3 is 5.32 Å². The second-order valence-corrected chi connectivity index (χ2v) is 2.27. The molecule has 2 heteroatoms. The summed E-state index contributed by atoms with van der Waals surface area (Å²) in [5, 5.41) is 2.87. The lowest BCUT2D eigenvalue weighted by Gasteiger charge is -1.94. The van der Waals surface area contributed by atoms with Gasteiger partial charge in [0.05, 0.1) is 0 Å². The van der Waals surface area contributed by atoms with E-state index >= 15 is 0 Å². The zero-order valence-electron chi connectivity index (χ0n) is 6.81. The van der Waals surface area contributed by atoms with Gasteiger partial charge >= 0.3 is 0 Å². The van der Waals surface area contributed by atoms with Crippen molar-refractivity contribution in [3.05, 3.63) is 24.6 Å². The molecule has 0 fully saturated rings. The lowest BCUT2D eigenvalue weighted by Crippen LogP contribution is -2.11. The first-order valence-corrected chi connectivity index (χ1v) is 3.22. The van der Waals surface area contributed by atoms with E-state index in [9.17, 15) is 0 Å². The van der Waals surface area contributed by atoms with Crippen LogP contribution in [0.4, 0.5) is 0 Å². The van der Waals surface area contributed by atoms with E-state index < -0.39 is 0 Å². The smallest absolute Gasteiger partial charge is 0.102 e. The van der Waals surface area contributed by atoms with Gasteiger partial charge in [0, 0.05) is 6.20 Å². The van der Waals surface area contributed by atoms with Gasteiger partial charge in [-0.15, -0.1) is 0 Å². The Labute approximate surface area is 62.4 Å². The third-order valence-corrected chi connectivity index (χ3v) is 0.827. The van der Waals surface area contributed by atoms with Crippen LogP contribution in [0.15, 0.2) is 29.5 Å². The van der Waals surface area contributed by atoms with E-state index in [-0.39, 0.29) is 0 Å². The van der Waals surface area contributed by atoms with Crippen LogP contribution in [0.3, 0.4) is 0 Å². The molecule has 2 nitrogen and oxygen atoms in total. The Kier molecular flexibility index (Phi) is 4.29. The van der Waals surface area contributed by atoms with Crippen LogP contribution in [0, 0.1) is 0 Å². The molecule has 1 N–H and O–H groups in total. The lowest BCUT2D eigenvalue weighted by atomic mass is 10.4. The number of rotatable bonds is 2. The van der Waals surface area contributed by atoms with Crippen molar-refractivity contribution in [2.75, 3.05) is 0 Å². The summed E-state index contributed by atoms with van der Waals surface area (Å²) >= 11 is 0. The molecule has 0 radical (unpaired) electrons. The Morgan fingerprint density at radius 3 is 2.40 bits per heavy atom. The molecule has 10 heavy (non-hydrogen) atoms. The Morgan fingerprint density at radius 2 is 2.00 bits per heavy atom. The molecule has 0 bridgehead atoms. The summed E-state index contributed by atoms with van der Waals surface area (Å²) in [6.45, 7) is 9.41. The summed E-state index contributed by atoms with van der Waals surface area (Å²) in [6, 6.07) is 0. The van der Waals surface area contributed by atoms with Crippen LogP contribution >= 0.6 is 0 Å². The monoisotopic (exact) mass is 138 g/mol. The summed E-state index contributed by atoms with van der Waals surface area (Å²) in [4.78, 5) is 4.09. The third-order valence-electron chi connectivity index (χ3n) is 0.827. The summed E-state index contributed by atoms with van der Waals surface area (Å²) in [5.41, 5.74) is 1.19. The van der Waals surface area contributed by atoms with E-state index in [0.717, 1.165) is 5.84 Å². The van der Waals surface area contributed by atoms with Crippen LogP contribution in [-0.2, 0) is 0 Å². The molecule has 0 aliphatic rings. The van der Waals surface area contributed by atoms with Crippen LogP contribution in [0.1, 0.15) is 20.8 Å². The minimum atomic E-state index is 0.858. The number of nitrogens with zero attached hydrogens (tertiary/aromatic N) is 1. The fraction of sp³-hybridized carbons (Fsp3) is 0.375. The van der Waals surface area contributed by atoms with Gasteiger partial charge in [0.2, 0.25) is 0 Å². The molecular weight excluding hydrogens is 124 g/mol. The number of nitrogens with one attached hydrogen (secondary N) is 1. The van der Waals surface area contributed by atoms with Gasteiger partial charge in [-0.05, 0) is 27.0 Å². The molecule has 0 aliphatic carbocycles. The SMILES string of the molecule is C=CNC(C)=NC=C(C)C. The number of amidine groups is 1. The quantitative estimate of drug-likeness (QED) is 0.458. The Hall–Kier alpha value is -1.05. The first-order valence-electron chi connectivity index (χ1n) is 3.22. The maximum atomic E-state index is 4.09. The lowest BCUT2D eigenvalue weighted by molar-refractivity contribution is 1.22. The van der Waals surface area contributed by atoms with E-state index in [0.29, 0.717) is 0 Å². The largest absolute Gasteiger partial charge is 0.351 e. The van der Waals surface area contributed by atoms with Crippen molar-refractivity contribution in [2.24, 2.45) is 4.99 Å². The zero-order valence-corrected chi connectivity index (χ0v) is 6.81. The maximum absolute atomic E-state index is 4.09. The van der Waals surface area contributed by atoms with E-state index in [4.69, 9.17) is 0 Å². The molecule has 0 amide bonds. The van der Waals surface area contributed by atoms with Gasteiger partial charge in [0.1, 0.15) is 5.84 Å². The number of hydrogen-bond donors (Lipinski definition) is 1. The Balaban J connectivity index is 3.91. The molecule has 0 rings (SSSR count). The van der Waals surface area contributed by atoms with Crippen LogP contribution < -0.4 is 5.32 Å². The minimum absolute atomic E-state index is 0.858. The number of allylic oxidation sites excluding steroid dienone is 1. The molecule has 0 aromatic carbocycles. The fourth-order valence-electron chi connectivity index (χ4n) is 0.411. The summed E-state index contributed by atoms with van der Waals surface area (Å²) in [7, 11) is 0. The van der Waals surface area contributed by atoms with Gasteiger partial charge in [0.15, 0.2) is 0 Å². The normalized spacial score (nSPS) is 10.5. The molecule has 0 saturated heterocycles. The fourth-order valence-corrected chi connectivity index (χ4v) is 0.411. The molecule has 0 aliphatic heterocycles. The maximum Gasteiger partial charge on any atom is 0.102 e. The minimum Gasteiger partial charge on any atom is -0.351 e. The molecule has 0 atom stereocenters. The van der Waals surface area contributed by atoms with Gasteiger partial charge in [-0.25, -0.2) is 4.99 Å². The number of hydrogen-bond acceptors (Lipinski definition) is 1. The molecule has 0 unspecified atom stereocenters. The van der Waals surface area contributed by atoms with Crippen LogP contribution in [-0.4, -0.2) is 5.84 Å². The standard InChI is InChI=1S/C8H14N2/c1-5-9-8(4)10-6-7(2)3/h5-6H,1H2,2-4H3,(H,9,10). The Morgan fingerprint density at radius 1 is 1.40 bits per heavy atom. The van der Waals surface area contributed by atoms with Crippen molar-refractivity contribution in [1.82, 2.24) is 5.32 Å². The van der Waals surface area contributed by atoms with Gasteiger partial charge in [-0.3, -0.25) is 0 Å². The van der Waals surface area contributed by atoms with E-state index in [1.54, 1.807) is 6.20 Å². The van der Waals surface area contributed by atoms with Crippen molar-refractivity contribution >= 4 is 5.84 Å². The molecular formula is C8H14N2. The second kappa shape index (κ2) is 4.79. The average Bonchev–Trinajstić information content (AvgIpc) is 1.85. The molecule has 0 spiro atoms. The topological polar surface area (TPSA) is 24.4 Å². The Bertz CT molecular complexity index is 162. The highest BCUT2D eigenvalue weighted by molar-refractivity contribution is 5.80. The molecule has 0 aromatic rings. The van der Waals surface area contributed by atoms with Gasteiger partial charge in [-0.2, -0.15) is 0 Å². The van der Waals surface area contributed by atoms with Crippen molar-refractivity contribution < 1.29 is 0 Å². The van der Waals surface area contributed by atoms with Crippen molar-refractivity contribution in [2.45, 2.75) is 20.8 Å². The molecule has 0 saturated carbocycles. The van der Waals surface area contributed by atoms with Gasteiger partial charge in [0.25, 0.3) is 0 Å². The van der Waals surface area contributed by atoms with Crippen LogP contribution in [0.5, 0.6) is 0 Å². The van der Waals surface area contributed by atoms with Gasteiger partial charge in [-0.1, -0.05) is 12.2 Å². The predicted molar refractivity (Wildman–Crippen MR) is 45.9 cm³/mol. The van der Waals surface area contributed by atoms with Crippen molar-refractivity contribution in [3.8, 4) is 0 Å². The van der Waals surface area contributed by atoms with Crippen LogP contribution in [0.25, 0.3) is 0 Å². The summed E-state index contributed by atoms with van der Waals surface area (Å²) in [6.07, 6.45) is 3.42. The highest BCUT2D eigenvalue weighted by atomic mass is 15.0. The zero-order chi connectivity index (χ0) is 7.98. The second-order valence-electron chi connectivity index (χ2n) is 2.27. The first-order chi connectivity index (χ1) is 4.66. The van der Waals surface area contributed by atoms with Crippen LogP contribution in [0.2, 0.25) is 0 Å². The highest BCUT2D eigenvalue weighted by Gasteiger charge is 1.79. The first kappa shape index (κ1) is 8.95. The number of aliphatic imine (C=N–C) groups is 1. The highest BCUT2D eigenvalue weighted by Crippen LogP contribution is 1.88. The van der Waals surface area contributed by atoms with E-state index in [1.165, 1.54) is 5.57 Å². The van der Waals surface area contributed by atoms with E-state index in [2.05, 4.69) is 16.9 Å². The van der Waals surface area contributed by atoms with Crippen molar-refractivity contribution in [3.63, 3.8) is 0 Å². The molecule has 56 valence electrons. The molecule has 0 aromatic heterocycles. The van der Waals surface area contributed by atoms with Crippen molar-refractivity contribution in [1.29, 1.82) is 0 Å². The third kappa shape index (κ3) is 5.09. The molecule has 0 heterocycles. The van der Waals surface area contributed by atoms with E-state index in [1.807, 2.05) is 27.0 Å². The predicted octanol–water partition coefficient (Wildman–Crippen LogP) is 2.06.